The molecule has 27 heavy (non-hydrogen) atoms. The first-order valence-corrected chi connectivity index (χ1v) is 9.55. The molecule has 2 aromatic heterocycles. The van der Waals surface area contributed by atoms with Crippen molar-refractivity contribution in [2.75, 3.05) is 7.11 Å². The molecule has 0 amide bonds. The molecule has 0 spiro atoms. The summed E-state index contributed by atoms with van der Waals surface area (Å²) in [6, 6.07) is 25.2. The lowest BCUT2D eigenvalue weighted by atomic mass is 10.1. The van der Waals surface area contributed by atoms with Crippen molar-refractivity contribution < 1.29 is 4.74 Å². The van der Waals surface area contributed by atoms with E-state index in [4.69, 9.17) is 4.74 Å². The number of aromatic nitrogens is 2. The first-order chi connectivity index (χ1) is 13.2. The zero-order valence-corrected chi connectivity index (χ0v) is 16.3. The Morgan fingerprint density at radius 1 is 0.741 bits per heavy atom. The van der Waals surface area contributed by atoms with E-state index in [2.05, 4.69) is 92.6 Å². The Balaban J connectivity index is 1.61. The van der Waals surface area contributed by atoms with Gasteiger partial charge in [-0.25, -0.2) is 0 Å². The fourth-order valence-corrected chi connectivity index (χ4v) is 3.92. The van der Waals surface area contributed by atoms with Crippen molar-refractivity contribution in [2.45, 2.75) is 0 Å². The molecule has 5 rings (SSSR count). The van der Waals surface area contributed by atoms with Crippen LogP contribution in [-0.2, 0) is 0 Å². The topological polar surface area (TPSA) is 40.8 Å². The van der Waals surface area contributed by atoms with Crippen LogP contribution in [0.4, 0.5) is 0 Å². The molecule has 0 bridgehead atoms. The Labute approximate surface area is 165 Å². The van der Waals surface area contributed by atoms with E-state index in [1.807, 2.05) is 6.07 Å². The standard InChI is InChI=1S/C23H17BrN2O/c1-27-23-12-16(20-10-14-4-2-3-5-19(14)25-20)7-9-18(23)22-11-15-6-8-17(24)13-21(15)26-22/h2-13,25-26H,1H3. The summed E-state index contributed by atoms with van der Waals surface area (Å²) >= 11 is 3.53. The van der Waals surface area contributed by atoms with E-state index in [0.717, 1.165) is 43.8 Å². The van der Waals surface area contributed by atoms with Gasteiger partial charge in [-0.05, 0) is 42.5 Å². The molecule has 0 saturated heterocycles. The SMILES string of the molecule is COc1cc(-c2cc3ccccc3[nH]2)ccc1-c1cc2ccc(Br)cc2[nH]1. The number of nitrogens with one attached hydrogen (secondary N) is 2. The number of hydrogen-bond donors (Lipinski definition) is 2. The number of hydrogen-bond acceptors (Lipinski definition) is 1. The Hall–Kier alpha value is -2.98. The smallest absolute Gasteiger partial charge is 0.128 e. The molecule has 3 aromatic carbocycles. The highest BCUT2D eigenvalue weighted by Gasteiger charge is 2.12. The fourth-order valence-electron chi connectivity index (χ4n) is 3.55. The summed E-state index contributed by atoms with van der Waals surface area (Å²) in [6.07, 6.45) is 0. The highest BCUT2D eigenvalue weighted by atomic mass is 79.9. The lowest BCUT2D eigenvalue weighted by Crippen LogP contribution is -1.89. The van der Waals surface area contributed by atoms with Gasteiger partial charge in [0, 0.05) is 43.1 Å². The second-order valence-corrected chi connectivity index (χ2v) is 7.52. The molecule has 4 heteroatoms. The van der Waals surface area contributed by atoms with Crippen molar-refractivity contribution in [2.24, 2.45) is 0 Å². The predicted octanol–water partition coefficient (Wildman–Crippen LogP) is 6.75. The molecule has 0 unspecified atom stereocenters. The summed E-state index contributed by atoms with van der Waals surface area (Å²) in [7, 11) is 1.72. The van der Waals surface area contributed by atoms with E-state index in [-0.39, 0.29) is 0 Å². The number of ether oxygens (including phenoxy) is 1. The summed E-state index contributed by atoms with van der Waals surface area (Å²) in [5.41, 5.74) is 6.51. The minimum Gasteiger partial charge on any atom is -0.496 e. The highest BCUT2D eigenvalue weighted by Crippen LogP contribution is 2.36. The summed E-state index contributed by atoms with van der Waals surface area (Å²) in [5, 5.41) is 2.38. The van der Waals surface area contributed by atoms with Crippen molar-refractivity contribution in [1.82, 2.24) is 9.97 Å². The van der Waals surface area contributed by atoms with Gasteiger partial charge < -0.3 is 14.7 Å². The van der Waals surface area contributed by atoms with Crippen LogP contribution in [0.15, 0.2) is 77.3 Å². The molecular formula is C23H17BrN2O. The number of para-hydroxylation sites is 1. The zero-order chi connectivity index (χ0) is 18.4. The fraction of sp³-hybridized carbons (Fsp3) is 0.0435. The zero-order valence-electron chi connectivity index (χ0n) is 14.7. The monoisotopic (exact) mass is 416 g/mol. The van der Waals surface area contributed by atoms with Gasteiger partial charge in [-0.1, -0.05) is 46.3 Å². The third-order valence-corrected chi connectivity index (χ3v) is 5.41. The van der Waals surface area contributed by atoms with Crippen molar-refractivity contribution in [3.05, 3.63) is 77.3 Å². The van der Waals surface area contributed by atoms with Gasteiger partial charge in [0.2, 0.25) is 0 Å². The van der Waals surface area contributed by atoms with E-state index in [1.54, 1.807) is 7.11 Å². The molecule has 132 valence electrons. The number of H-pyrrole nitrogens is 2. The maximum Gasteiger partial charge on any atom is 0.128 e. The second kappa shape index (κ2) is 6.32. The van der Waals surface area contributed by atoms with Crippen molar-refractivity contribution in [3.8, 4) is 28.3 Å². The van der Waals surface area contributed by atoms with Crippen LogP contribution in [0, 0.1) is 0 Å². The molecule has 3 nitrogen and oxygen atoms in total. The molecule has 0 aliphatic heterocycles. The number of rotatable bonds is 3. The largest absolute Gasteiger partial charge is 0.496 e. The average molecular weight is 417 g/mol. The van der Waals surface area contributed by atoms with E-state index < -0.39 is 0 Å². The minimum atomic E-state index is 0.844. The van der Waals surface area contributed by atoms with Crippen LogP contribution in [0.5, 0.6) is 5.75 Å². The summed E-state index contributed by atoms with van der Waals surface area (Å²) in [4.78, 5) is 6.97. The van der Waals surface area contributed by atoms with E-state index in [0.29, 0.717) is 0 Å². The summed E-state index contributed by atoms with van der Waals surface area (Å²) in [5.74, 6) is 0.844. The molecule has 2 N–H and O–H groups in total. The Bertz CT molecular complexity index is 1250. The molecule has 0 atom stereocenters. The van der Waals surface area contributed by atoms with Crippen LogP contribution >= 0.6 is 15.9 Å². The first kappa shape index (κ1) is 16.2. The number of methoxy groups -OCH3 is 1. The van der Waals surface area contributed by atoms with E-state index in [9.17, 15) is 0 Å². The van der Waals surface area contributed by atoms with E-state index >= 15 is 0 Å². The van der Waals surface area contributed by atoms with Crippen molar-refractivity contribution in [1.29, 1.82) is 0 Å². The van der Waals surface area contributed by atoms with Crippen LogP contribution < -0.4 is 4.74 Å². The molecule has 2 heterocycles. The molecule has 0 fully saturated rings. The second-order valence-electron chi connectivity index (χ2n) is 6.60. The normalized spacial score (nSPS) is 11.3. The molecule has 0 aliphatic rings. The van der Waals surface area contributed by atoms with Gasteiger partial charge in [-0.15, -0.1) is 0 Å². The van der Waals surface area contributed by atoms with Crippen molar-refractivity contribution >= 4 is 37.7 Å². The number of aromatic amines is 2. The summed E-state index contributed by atoms with van der Waals surface area (Å²) in [6.45, 7) is 0. The van der Waals surface area contributed by atoms with Gasteiger partial charge >= 0.3 is 0 Å². The number of halogens is 1. The van der Waals surface area contributed by atoms with Gasteiger partial charge in [0.25, 0.3) is 0 Å². The lowest BCUT2D eigenvalue weighted by Gasteiger charge is -2.09. The lowest BCUT2D eigenvalue weighted by molar-refractivity contribution is 0.416. The van der Waals surface area contributed by atoms with Crippen LogP contribution in [0.2, 0.25) is 0 Å². The Morgan fingerprint density at radius 2 is 1.52 bits per heavy atom. The third-order valence-electron chi connectivity index (χ3n) is 4.92. The number of fused-ring (bicyclic) bond motifs is 2. The van der Waals surface area contributed by atoms with E-state index in [1.165, 1.54) is 10.8 Å². The van der Waals surface area contributed by atoms with Crippen LogP contribution in [0.1, 0.15) is 0 Å². The van der Waals surface area contributed by atoms with Crippen LogP contribution in [0.3, 0.4) is 0 Å². The molecule has 5 aromatic rings. The van der Waals surface area contributed by atoms with Gasteiger partial charge in [-0.3, -0.25) is 0 Å². The first-order valence-electron chi connectivity index (χ1n) is 8.76. The summed E-state index contributed by atoms with van der Waals surface area (Å²) < 4.78 is 6.77. The van der Waals surface area contributed by atoms with Crippen LogP contribution in [-0.4, -0.2) is 17.1 Å². The van der Waals surface area contributed by atoms with Crippen molar-refractivity contribution in [3.63, 3.8) is 0 Å². The molecule has 0 radical (unpaired) electrons. The Morgan fingerprint density at radius 3 is 2.37 bits per heavy atom. The average Bonchev–Trinajstić information content (AvgIpc) is 3.31. The van der Waals surface area contributed by atoms with Gasteiger partial charge in [-0.2, -0.15) is 0 Å². The predicted molar refractivity (Wildman–Crippen MR) is 115 cm³/mol. The molecule has 0 aliphatic carbocycles. The third kappa shape index (κ3) is 2.82. The molecular weight excluding hydrogens is 400 g/mol. The highest BCUT2D eigenvalue weighted by molar-refractivity contribution is 9.10. The molecule has 0 saturated carbocycles. The van der Waals surface area contributed by atoms with Gasteiger partial charge in [0.1, 0.15) is 5.75 Å². The maximum absolute atomic E-state index is 5.71. The number of benzene rings is 3. The van der Waals surface area contributed by atoms with Crippen LogP contribution in [0.25, 0.3) is 44.3 Å². The minimum absolute atomic E-state index is 0.844. The van der Waals surface area contributed by atoms with Gasteiger partial charge in [0.15, 0.2) is 0 Å². The van der Waals surface area contributed by atoms with Gasteiger partial charge in [0.05, 0.1) is 12.8 Å². The maximum atomic E-state index is 5.71. The quantitative estimate of drug-likeness (QED) is 0.335. The Kier molecular flexibility index (Phi) is 3.80.